The lowest BCUT2D eigenvalue weighted by molar-refractivity contribution is -0.0152. The second-order valence-electron chi connectivity index (χ2n) is 2.92. The van der Waals surface area contributed by atoms with E-state index < -0.39 is 0 Å². The quantitative estimate of drug-likeness (QED) is 0.617. The Morgan fingerprint density at radius 2 is 2.09 bits per heavy atom. The van der Waals surface area contributed by atoms with Crippen LogP contribution < -0.4 is 0 Å². The molecule has 1 saturated carbocycles. The fourth-order valence-corrected chi connectivity index (χ4v) is 1.73. The molecule has 0 N–H and O–H groups in total. The normalized spacial score (nSPS) is 32.2. The van der Waals surface area contributed by atoms with Gasteiger partial charge in [-0.1, -0.05) is 11.6 Å². The maximum absolute atomic E-state index is 5.46. The molecule has 66 valence electrons. The molecule has 0 heterocycles. The Balaban J connectivity index is 2.21. The van der Waals surface area contributed by atoms with E-state index in [4.69, 9.17) is 21.1 Å². The first-order chi connectivity index (χ1) is 5.36. The molecule has 0 aliphatic heterocycles. The minimum atomic E-state index is 0.307. The molecule has 2 atom stereocenters. The summed E-state index contributed by atoms with van der Waals surface area (Å²) in [5.41, 5.74) is 0. The van der Waals surface area contributed by atoms with Crippen molar-refractivity contribution in [3.8, 4) is 0 Å². The van der Waals surface area contributed by atoms with Crippen molar-refractivity contribution in [2.75, 3.05) is 13.2 Å². The highest BCUT2D eigenvalue weighted by molar-refractivity contribution is 6.17. The van der Waals surface area contributed by atoms with Crippen LogP contribution in [0.5, 0.6) is 0 Å². The van der Waals surface area contributed by atoms with Crippen molar-refractivity contribution in [1.82, 2.24) is 0 Å². The summed E-state index contributed by atoms with van der Waals surface area (Å²) < 4.78 is 10.5. The fraction of sp³-hybridized carbons (Fsp3) is 1.00. The maximum Gasteiger partial charge on any atom is 0.121 e. The number of ether oxygens (including phenoxy) is 2. The summed E-state index contributed by atoms with van der Waals surface area (Å²) in [4.78, 5) is 0. The average Bonchev–Trinajstić information content (AvgIpc) is 2.06. The van der Waals surface area contributed by atoms with Crippen molar-refractivity contribution in [2.24, 2.45) is 0 Å². The minimum absolute atomic E-state index is 0.307. The second kappa shape index (κ2) is 4.96. The summed E-state index contributed by atoms with van der Waals surface area (Å²) in [7, 11) is 1.76. The van der Waals surface area contributed by atoms with Crippen LogP contribution in [0.15, 0.2) is 0 Å². The number of alkyl halides is 1. The van der Waals surface area contributed by atoms with Crippen LogP contribution in [0.3, 0.4) is 0 Å². The lowest BCUT2D eigenvalue weighted by Gasteiger charge is -2.27. The van der Waals surface area contributed by atoms with Gasteiger partial charge < -0.3 is 9.47 Å². The van der Waals surface area contributed by atoms with Gasteiger partial charge in [-0.25, -0.2) is 0 Å². The van der Waals surface area contributed by atoms with E-state index in [-0.39, 0.29) is 0 Å². The molecule has 0 amide bonds. The summed E-state index contributed by atoms with van der Waals surface area (Å²) in [5, 5.41) is 0. The van der Waals surface area contributed by atoms with E-state index in [0.717, 1.165) is 12.8 Å². The van der Waals surface area contributed by atoms with Gasteiger partial charge in [0.2, 0.25) is 0 Å². The molecule has 0 aromatic heterocycles. The minimum Gasteiger partial charge on any atom is -0.381 e. The number of halogens is 1. The van der Waals surface area contributed by atoms with Crippen LogP contribution >= 0.6 is 11.6 Å². The van der Waals surface area contributed by atoms with Gasteiger partial charge in [-0.2, -0.15) is 0 Å². The molecule has 1 rings (SSSR count). The van der Waals surface area contributed by atoms with E-state index in [2.05, 4.69) is 0 Å². The van der Waals surface area contributed by atoms with Gasteiger partial charge in [-0.15, -0.1) is 0 Å². The molecule has 1 aliphatic rings. The van der Waals surface area contributed by atoms with Crippen molar-refractivity contribution >= 4 is 11.6 Å². The van der Waals surface area contributed by atoms with E-state index in [9.17, 15) is 0 Å². The SMILES string of the molecule is COC1CCCC(OCCl)C1. The van der Waals surface area contributed by atoms with E-state index in [1.165, 1.54) is 12.8 Å². The zero-order valence-corrected chi connectivity index (χ0v) is 7.64. The highest BCUT2D eigenvalue weighted by Crippen LogP contribution is 2.22. The van der Waals surface area contributed by atoms with Crippen molar-refractivity contribution in [1.29, 1.82) is 0 Å². The number of rotatable bonds is 3. The van der Waals surface area contributed by atoms with Crippen LogP contribution in [0.25, 0.3) is 0 Å². The second-order valence-corrected chi connectivity index (χ2v) is 3.14. The Morgan fingerprint density at radius 1 is 1.36 bits per heavy atom. The van der Waals surface area contributed by atoms with Crippen LogP contribution in [0.1, 0.15) is 25.7 Å². The molecule has 0 radical (unpaired) electrons. The Kier molecular flexibility index (Phi) is 4.20. The van der Waals surface area contributed by atoms with Gasteiger partial charge >= 0.3 is 0 Å². The molecule has 0 bridgehead atoms. The van der Waals surface area contributed by atoms with E-state index in [1.54, 1.807) is 7.11 Å². The third-order valence-electron chi connectivity index (χ3n) is 2.21. The molecule has 0 aromatic carbocycles. The summed E-state index contributed by atoms with van der Waals surface area (Å²) in [6.07, 6.45) is 5.21. The molecule has 2 unspecified atom stereocenters. The van der Waals surface area contributed by atoms with Gasteiger partial charge in [0, 0.05) is 7.11 Å². The molecule has 0 spiro atoms. The summed E-state index contributed by atoms with van der Waals surface area (Å²) >= 11 is 5.46. The van der Waals surface area contributed by atoms with Gasteiger partial charge in [-0.05, 0) is 25.7 Å². The predicted molar refractivity (Wildman–Crippen MR) is 44.9 cm³/mol. The van der Waals surface area contributed by atoms with Crippen LogP contribution in [-0.2, 0) is 9.47 Å². The highest BCUT2D eigenvalue weighted by atomic mass is 35.5. The molecule has 3 heteroatoms. The van der Waals surface area contributed by atoms with Crippen LogP contribution in [-0.4, -0.2) is 25.4 Å². The molecule has 2 nitrogen and oxygen atoms in total. The third-order valence-corrected chi connectivity index (χ3v) is 2.34. The molecule has 1 aliphatic carbocycles. The highest BCUT2D eigenvalue weighted by Gasteiger charge is 2.21. The number of hydrogen-bond donors (Lipinski definition) is 0. The molecule has 0 aromatic rings. The molecule has 0 saturated heterocycles. The van der Waals surface area contributed by atoms with Crippen molar-refractivity contribution in [2.45, 2.75) is 37.9 Å². The topological polar surface area (TPSA) is 18.5 Å². The number of methoxy groups -OCH3 is 1. The predicted octanol–water partition coefficient (Wildman–Crippen LogP) is 2.16. The Labute approximate surface area is 72.8 Å². The van der Waals surface area contributed by atoms with E-state index in [1.807, 2.05) is 0 Å². The van der Waals surface area contributed by atoms with Crippen molar-refractivity contribution in [3.63, 3.8) is 0 Å². The van der Waals surface area contributed by atoms with Gasteiger partial charge in [0.1, 0.15) is 6.07 Å². The molecule has 11 heavy (non-hydrogen) atoms. The first-order valence-corrected chi connectivity index (χ1v) is 4.60. The van der Waals surface area contributed by atoms with Crippen LogP contribution in [0.2, 0.25) is 0 Å². The molecule has 1 fully saturated rings. The summed E-state index contributed by atoms with van der Waals surface area (Å²) in [5.74, 6) is 0. The Hall–Kier alpha value is 0.210. The van der Waals surface area contributed by atoms with Crippen molar-refractivity contribution in [3.05, 3.63) is 0 Å². The standard InChI is InChI=1S/C8H15ClO2/c1-10-7-3-2-4-8(5-7)11-6-9/h7-8H,2-6H2,1H3. The Bertz CT molecular complexity index is 106. The van der Waals surface area contributed by atoms with Crippen LogP contribution in [0, 0.1) is 0 Å². The fourth-order valence-electron chi connectivity index (χ4n) is 1.56. The molecular formula is C8H15ClO2. The average molecular weight is 179 g/mol. The molecular weight excluding hydrogens is 164 g/mol. The van der Waals surface area contributed by atoms with Gasteiger partial charge in [0.05, 0.1) is 12.2 Å². The summed E-state index contributed by atoms with van der Waals surface area (Å²) in [6, 6.07) is 0.307. The smallest absolute Gasteiger partial charge is 0.121 e. The monoisotopic (exact) mass is 178 g/mol. The van der Waals surface area contributed by atoms with Gasteiger partial charge in [0.15, 0.2) is 0 Å². The van der Waals surface area contributed by atoms with Crippen molar-refractivity contribution < 1.29 is 9.47 Å². The summed E-state index contributed by atoms with van der Waals surface area (Å²) in [6.45, 7) is 0. The number of hydrogen-bond acceptors (Lipinski definition) is 2. The maximum atomic E-state index is 5.46. The third kappa shape index (κ3) is 2.97. The first kappa shape index (κ1) is 9.30. The van der Waals surface area contributed by atoms with Gasteiger partial charge in [-0.3, -0.25) is 0 Å². The zero-order chi connectivity index (χ0) is 8.10. The largest absolute Gasteiger partial charge is 0.381 e. The van der Waals surface area contributed by atoms with E-state index >= 15 is 0 Å². The van der Waals surface area contributed by atoms with Gasteiger partial charge in [0.25, 0.3) is 0 Å². The lowest BCUT2D eigenvalue weighted by atomic mass is 9.95. The van der Waals surface area contributed by atoms with Crippen LogP contribution in [0.4, 0.5) is 0 Å². The zero-order valence-electron chi connectivity index (χ0n) is 6.88. The Morgan fingerprint density at radius 3 is 2.73 bits per heavy atom. The van der Waals surface area contributed by atoms with E-state index in [0.29, 0.717) is 18.3 Å². The lowest BCUT2D eigenvalue weighted by Crippen LogP contribution is -2.27. The first-order valence-electron chi connectivity index (χ1n) is 4.07.